The number of carbonyl (C=O) groups excluding carboxylic acids is 1. The molecule has 3 atom stereocenters. The number of aliphatic hydroxyl groups is 2. The van der Waals surface area contributed by atoms with Crippen molar-refractivity contribution in [2.24, 2.45) is 0 Å². The molecule has 0 bridgehead atoms. The number of esters is 1. The highest BCUT2D eigenvalue weighted by atomic mass is 31.2. The molecule has 0 saturated heterocycles. The van der Waals surface area contributed by atoms with Gasteiger partial charge in [-0.3, -0.25) is 13.8 Å². The summed E-state index contributed by atoms with van der Waals surface area (Å²) < 4.78 is 33.5. The Morgan fingerprint density at radius 2 is 0.915 bits per heavy atom. The first-order valence-corrected chi connectivity index (χ1v) is 25.6. The number of aliphatic hydroxyl groups excluding tert-OH is 2. The Balaban J connectivity index is 4.15. The Hall–Kier alpha value is -1.58. The molecule has 0 amide bonds. The van der Waals surface area contributed by atoms with Crippen LogP contribution in [0, 0.1) is 0 Å². The summed E-state index contributed by atoms with van der Waals surface area (Å²) in [7, 11) is -4.53. The molecule has 0 radical (unpaired) electrons. The highest BCUT2D eigenvalue weighted by Gasteiger charge is 2.26. The van der Waals surface area contributed by atoms with Crippen molar-refractivity contribution in [2.75, 3.05) is 33.0 Å². The lowest BCUT2D eigenvalue weighted by Gasteiger charge is -2.20. The average molecular weight is 855 g/mol. The topological polar surface area (TPSA) is 132 Å². The molecule has 0 aromatic carbocycles. The number of allylic oxidation sites excluding steroid dienone is 8. The largest absolute Gasteiger partial charge is 0.472 e. The van der Waals surface area contributed by atoms with Crippen LogP contribution in [0.5, 0.6) is 0 Å². The molecule has 59 heavy (non-hydrogen) atoms. The molecule has 9 nitrogen and oxygen atoms in total. The molecule has 0 rings (SSSR count). The number of phosphoric ester groups is 1. The molecule has 10 heteroatoms. The van der Waals surface area contributed by atoms with E-state index in [1.165, 1.54) is 128 Å². The summed E-state index contributed by atoms with van der Waals surface area (Å²) in [5.74, 6) is -0.395. The number of carbonyl (C=O) groups is 1. The van der Waals surface area contributed by atoms with Gasteiger partial charge in [0.25, 0.3) is 0 Å². The molecule has 346 valence electrons. The lowest BCUT2D eigenvalue weighted by atomic mass is 10.1. The normalized spacial score (nSPS) is 14.3. The summed E-state index contributed by atoms with van der Waals surface area (Å²) in [4.78, 5) is 22.6. The zero-order valence-corrected chi connectivity index (χ0v) is 38.9. The summed E-state index contributed by atoms with van der Waals surface area (Å²) in [6.45, 7) is 3.48. The summed E-state index contributed by atoms with van der Waals surface area (Å²) in [6, 6.07) is 0. The van der Waals surface area contributed by atoms with Gasteiger partial charge in [0.05, 0.1) is 26.4 Å². The molecule has 3 N–H and O–H groups in total. The maximum absolute atomic E-state index is 12.7. The van der Waals surface area contributed by atoms with Crippen molar-refractivity contribution in [3.8, 4) is 0 Å². The number of phosphoric acid groups is 1. The molecular formula is C49H91O9P. The summed E-state index contributed by atoms with van der Waals surface area (Å²) in [6.07, 6.45) is 52.1. The van der Waals surface area contributed by atoms with E-state index in [-0.39, 0.29) is 19.6 Å². The Labute approximate surface area is 362 Å². The second-order valence-electron chi connectivity index (χ2n) is 16.1. The second kappa shape index (κ2) is 45.9. The lowest BCUT2D eigenvalue weighted by molar-refractivity contribution is -0.154. The van der Waals surface area contributed by atoms with Crippen molar-refractivity contribution in [1.82, 2.24) is 0 Å². The second-order valence-corrected chi connectivity index (χ2v) is 17.6. The van der Waals surface area contributed by atoms with E-state index in [9.17, 15) is 19.4 Å². The van der Waals surface area contributed by atoms with Crippen molar-refractivity contribution < 1.29 is 43.0 Å². The fourth-order valence-corrected chi connectivity index (χ4v) is 7.32. The first kappa shape index (κ1) is 57.4. The monoisotopic (exact) mass is 855 g/mol. The van der Waals surface area contributed by atoms with Crippen LogP contribution < -0.4 is 0 Å². The van der Waals surface area contributed by atoms with Crippen LogP contribution in [-0.4, -0.2) is 66.3 Å². The minimum absolute atomic E-state index is 0.0414. The summed E-state index contributed by atoms with van der Waals surface area (Å²) >= 11 is 0. The summed E-state index contributed by atoms with van der Waals surface area (Å²) in [5, 5.41) is 18.4. The number of ether oxygens (including phenoxy) is 2. The van der Waals surface area contributed by atoms with Crippen LogP contribution in [0.1, 0.15) is 213 Å². The maximum Gasteiger partial charge on any atom is 0.472 e. The fourth-order valence-electron chi connectivity index (χ4n) is 6.53. The van der Waals surface area contributed by atoms with E-state index in [1.54, 1.807) is 0 Å². The van der Waals surface area contributed by atoms with Crippen molar-refractivity contribution >= 4 is 13.8 Å². The van der Waals surface area contributed by atoms with E-state index in [4.69, 9.17) is 23.6 Å². The molecule has 0 fully saturated rings. The van der Waals surface area contributed by atoms with Gasteiger partial charge in [0, 0.05) is 13.0 Å². The van der Waals surface area contributed by atoms with Gasteiger partial charge >= 0.3 is 13.8 Å². The zero-order chi connectivity index (χ0) is 43.2. The molecule has 0 saturated carbocycles. The van der Waals surface area contributed by atoms with E-state index in [1.807, 2.05) is 0 Å². The van der Waals surface area contributed by atoms with Gasteiger partial charge in [0.1, 0.15) is 12.2 Å². The van der Waals surface area contributed by atoms with Crippen molar-refractivity contribution in [1.29, 1.82) is 0 Å². The van der Waals surface area contributed by atoms with Crippen LogP contribution in [0.3, 0.4) is 0 Å². The molecule has 0 aliphatic carbocycles. The average Bonchev–Trinajstić information content (AvgIpc) is 3.23. The van der Waals surface area contributed by atoms with Crippen LogP contribution in [-0.2, 0) is 27.9 Å². The van der Waals surface area contributed by atoms with Gasteiger partial charge in [-0.1, -0.05) is 178 Å². The standard InChI is InChI=1S/C49H91O9P/c1-3-5-7-9-11-13-15-17-19-21-23-25-27-29-31-33-35-37-39-41-49(52)58-48(46-57-59(53,54)56-44-47(51)43-50)45-55-42-40-38-36-34-32-30-28-26-24-22-20-18-16-14-12-10-8-6-4-2/h11,13,17,19-20,22-23,25,47-48,50-51H,3-10,12,14-16,18,21,24,26-46H2,1-2H3,(H,53,54)/b13-11-,19-17-,22-20-,25-23-. The number of unbranched alkanes of at least 4 members (excludes halogenated alkanes) is 24. The van der Waals surface area contributed by atoms with Crippen LogP contribution in [0.15, 0.2) is 48.6 Å². The molecule has 3 unspecified atom stereocenters. The number of hydrogen-bond donors (Lipinski definition) is 3. The zero-order valence-electron chi connectivity index (χ0n) is 38.0. The van der Waals surface area contributed by atoms with E-state index in [2.05, 4.69) is 62.5 Å². The predicted molar refractivity (Wildman–Crippen MR) is 247 cm³/mol. The maximum atomic E-state index is 12.7. The third-order valence-electron chi connectivity index (χ3n) is 10.2. The third kappa shape index (κ3) is 45.8. The Kier molecular flexibility index (Phi) is 44.7. The van der Waals surface area contributed by atoms with Gasteiger partial charge in [-0.25, -0.2) is 4.57 Å². The fraction of sp³-hybridized carbons (Fsp3) is 0.816. The molecular weight excluding hydrogens is 764 g/mol. The Morgan fingerprint density at radius 1 is 0.525 bits per heavy atom. The van der Waals surface area contributed by atoms with Gasteiger partial charge in [0.15, 0.2) is 0 Å². The van der Waals surface area contributed by atoms with Gasteiger partial charge in [-0.2, -0.15) is 0 Å². The third-order valence-corrected chi connectivity index (χ3v) is 11.2. The van der Waals surface area contributed by atoms with Crippen LogP contribution >= 0.6 is 7.82 Å². The molecule has 0 spiro atoms. The van der Waals surface area contributed by atoms with Gasteiger partial charge < -0.3 is 24.6 Å². The minimum atomic E-state index is -4.53. The number of hydrogen-bond acceptors (Lipinski definition) is 8. The highest BCUT2D eigenvalue weighted by molar-refractivity contribution is 7.47. The van der Waals surface area contributed by atoms with E-state index < -0.39 is 39.2 Å². The molecule has 0 aromatic heterocycles. The Bertz CT molecular complexity index is 1060. The van der Waals surface area contributed by atoms with Crippen molar-refractivity contribution in [3.05, 3.63) is 48.6 Å². The lowest BCUT2D eigenvalue weighted by Crippen LogP contribution is -2.29. The number of rotatable bonds is 46. The predicted octanol–water partition coefficient (Wildman–Crippen LogP) is 13.8. The summed E-state index contributed by atoms with van der Waals surface area (Å²) in [5.41, 5.74) is 0. The quantitative estimate of drug-likeness (QED) is 0.0237. The van der Waals surface area contributed by atoms with Crippen molar-refractivity contribution in [3.63, 3.8) is 0 Å². The first-order chi connectivity index (χ1) is 28.8. The van der Waals surface area contributed by atoms with E-state index >= 15 is 0 Å². The molecule has 0 aromatic rings. The van der Waals surface area contributed by atoms with Crippen LogP contribution in [0.4, 0.5) is 0 Å². The first-order valence-electron chi connectivity index (χ1n) is 24.1. The van der Waals surface area contributed by atoms with E-state index in [0.717, 1.165) is 57.8 Å². The van der Waals surface area contributed by atoms with Gasteiger partial charge in [-0.15, -0.1) is 0 Å². The van der Waals surface area contributed by atoms with Gasteiger partial charge in [0.2, 0.25) is 0 Å². The van der Waals surface area contributed by atoms with Crippen LogP contribution in [0.25, 0.3) is 0 Å². The Morgan fingerprint density at radius 3 is 1.42 bits per heavy atom. The highest BCUT2D eigenvalue weighted by Crippen LogP contribution is 2.43. The van der Waals surface area contributed by atoms with Crippen LogP contribution in [0.2, 0.25) is 0 Å². The molecule has 0 heterocycles. The molecule has 0 aliphatic heterocycles. The molecule has 0 aliphatic rings. The minimum Gasteiger partial charge on any atom is -0.457 e. The smallest absolute Gasteiger partial charge is 0.457 e. The van der Waals surface area contributed by atoms with Gasteiger partial charge in [-0.05, 0) is 77.0 Å². The van der Waals surface area contributed by atoms with E-state index in [0.29, 0.717) is 13.0 Å². The SMILES string of the molecule is CCCCC/C=C\C/C=C\C/C=C\CCCCCCCCC(=O)OC(COCCCCCCCCCC/C=C\CCCCCCCCC)COP(=O)(O)OCC(O)CO. The van der Waals surface area contributed by atoms with Crippen molar-refractivity contribution in [2.45, 2.75) is 225 Å².